The summed E-state index contributed by atoms with van der Waals surface area (Å²) in [4.78, 5) is 15.0. The van der Waals surface area contributed by atoms with Crippen molar-refractivity contribution in [3.63, 3.8) is 0 Å². The Balaban J connectivity index is 2.08. The standard InChI is InChI=1S/C18H26N2O2S/c1-10(2)23(22)14-7-8-16-15(9-14)17(19)11(3)18(13-5-6-13)20(16)12(4)21/h7-11,13,17-18H,5-6,19H2,1-4H3/t11?,17-,18-,23?/m1/s1. The van der Waals surface area contributed by atoms with Gasteiger partial charge in [-0.15, -0.1) is 0 Å². The molecule has 2 aliphatic rings. The molecule has 1 aromatic carbocycles. The molecular weight excluding hydrogens is 308 g/mol. The first-order valence-electron chi connectivity index (χ1n) is 8.42. The summed E-state index contributed by atoms with van der Waals surface area (Å²) in [5, 5.41) is 0.0633. The van der Waals surface area contributed by atoms with E-state index in [1.807, 2.05) is 36.9 Å². The number of fused-ring (bicyclic) bond motifs is 1. The van der Waals surface area contributed by atoms with Crippen LogP contribution in [-0.2, 0) is 15.6 Å². The molecule has 1 fully saturated rings. The Hall–Kier alpha value is -1.20. The van der Waals surface area contributed by atoms with Crippen molar-refractivity contribution in [2.45, 2.75) is 62.8 Å². The van der Waals surface area contributed by atoms with E-state index in [9.17, 15) is 9.00 Å². The van der Waals surface area contributed by atoms with Crippen LogP contribution < -0.4 is 10.6 Å². The number of hydrogen-bond donors (Lipinski definition) is 1. The van der Waals surface area contributed by atoms with Crippen molar-refractivity contribution in [2.24, 2.45) is 17.6 Å². The zero-order valence-electron chi connectivity index (χ0n) is 14.3. The van der Waals surface area contributed by atoms with Crippen molar-refractivity contribution in [1.29, 1.82) is 0 Å². The van der Waals surface area contributed by atoms with Crippen LogP contribution in [-0.4, -0.2) is 21.4 Å². The minimum atomic E-state index is -1.05. The smallest absolute Gasteiger partial charge is 0.224 e. The van der Waals surface area contributed by atoms with E-state index in [4.69, 9.17) is 5.73 Å². The van der Waals surface area contributed by atoms with E-state index in [1.165, 1.54) is 12.8 Å². The Kier molecular flexibility index (Phi) is 4.36. The molecule has 0 radical (unpaired) electrons. The highest BCUT2D eigenvalue weighted by molar-refractivity contribution is 7.85. The molecule has 1 heterocycles. The minimum Gasteiger partial charge on any atom is -0.324 e. The van der Waals surface area contributed by atoms with Crippen LogP contribution in [0.15, 0.2) is 23.1 Å². The van der Waals surface area contributed by atoms with Gasteiger partial charge in [-0.2, -0.15) is 0 Å². The van der Waals surface area contributed by atoms with Gasteiger partial charge in [0.1, 0.15) is 0 Å². The van der Waals surface area contributed by atoms with Gasteiger partial charge in [0.25, 0.3) is 0 Å². The molecule has 4 atom stereocenters. The number of anilines is 1. The molecule has 1 saturated carbocycles. The molecule has 1 aromatic rings. The van der Waals surface area contributed by atoms with E-state index in [1.54, 1.807) is 6.92 Å². The molecule has 1 aliphatic heterocycles. The number of carbonyl (C=O) groups excluding carboxylic acids is 1. The number of amides is 1. The Bertz CT molecular complexity index is 654. The molecule has 3 rings (SSSR count). The monoisotopic (exact) mass is 334 g/mol. The zero-order valence-corrected chi connectivity index (χ0v) is 15.1. The molecule has 1 amide bonds. The summed E-state index contributed by atoms with van der Waals surface area (Å²) in [6.07, 6.45) is 2.35. The number of rotatable bonds is 3. The summed E-state index contributed by atoms with van der Waals surface area (Å²) in [5.74, 6) is 0.846. The van der Waals surface area contributed by atoms with Crippen molar-refractivity contribution in [3.8, 4) is 0 Å². The highest BCUT2D eigenvalue weighted by Crippen LogP contribution is 2.48. The topological polar surface area (TPSA) is 63.4 Å². The van der Waals surface area contributed by atoms with Crippen LogP contribution in [0.4, 0.5) is 5.69 Å². The fraction of sp³-hybridized carbons (Fsp3) is 0.611. The summed E-state index contributed by atoms with van der Waals surface area (Å²) in [7, 11) is -1.05. The van der Waals surface area contributed by atoms with Gasteiger partial charge in [0.05, 0.1) is 10.8 Å². The van der Waals surface area contributed by atoms with Gasteiger partial charge in [0.15, 0.2) is 0 Å². The summed E-state index contributed by atoms with van der Waals surface area (Å²) in [6.45, 7) is 7.66. The SMILES string of the molecule is CC(=O)N1c2ccc(S(=O)C(C)C)cc2[C@H](N)C(C)[C@@H]1C1CC1. The second-order valence-electron chi connectivity index (χ2n) is 7.17. The second-order valence-corrected chi connectivity index (χ2v) is 9.18. The molecule has 2 unspecified atom stereocenters. The van der Waals surface area contributed by atoms with Gasteiger partial charge in [0.2, 0.25) is 5.91 Å². The Morgan fingerprint density at radius 1 is 1.35 bits per heavy atom. The molecular formula is C18H26N2O2S. The molecule has 2 N–H and O–H groups in total. The van der Waals surface area contributed by atoms with Crippen LogP contribution >= 0.6 is 0 Å². The van der Waals surface area contributed by atoms with E-state index >= 15 is 0 Å². The van der Waals surface area contributed by atoms with Crippen LogP contribution in [0.5, 0.6) is 0 Å². The molecule has 5 heteroatoms. The van der Waals surface area contributed by atoms with Crippen LogP contribution in [0.1, 0.15) is 52.1 Å². The fourth-order valence-corrected chi connectivity index (χ4v) is 4.75. The normalized spacial score (nSPS) is 28.6. The van der Waals surface area contributed by atoms with Gasteiger partial charge in [-0.05, 0) is 48.4 Å². The van der Waals surface area contributed by atoms with Gasteiger partial charge in [0, 0.05) is 34.8 Å². The van der Waals surface area contributed by atoms with Crippen molar-refractivity contribution >= 4 is 22.4 Å². The first-order valence-corrected chi connectivity index (χ1v) is 9.64. The number of benzene rings is 1. The average Bonchev–Trinajstić information content (AvgIpc) is 3.33. The van der Waals surface area contributed by atoms with Crippen molar-refractivity contribution in [3.05, 3.63) is 23.8 Å². The summed E-state index contributed by atoms with van der Waals surface area (Å²) < 4.78 is 12.4. The molecule has 126 valence electrons. The zero-order chi connectivity index (χ0) is 16.9. The first-order chi connectivity index (χ1) is 10.8. The molecule has 0 aromatic heterocycles. The number of nitrogens with two attached hydrogens (primary N) is 1. The quantitative estimate of drug-likeness (QED) is 0.924. The van der Waals surface area contributed by atoms with Gasteiger partial charge >= 0.3 is 0 Å². The third-order valence-electron chi connectivity index (χ3n) is 5.13. The molecule has 4 nitrogen and oxygen atoms in total. The van der Waals surface area contributed by atoms with E-state index in [0.717, 1.165) is 16.1 Å². The second kappa shape index (κ2) is 6.02. The molecule has 23 heavy (non-hydrogen) atoms. The molecule has 0 saturated heterocycles. The number of hydrogen-bond acceptors (Lipinski definition) is 3. The Morgan fingerprint density at radius 2 is 2.00 bits per heavy atom. The predicted octanol–water partition coefficient (Wildman–Crippen LogP) is 2.98. The van der Waals surface area contributed by atoms with Crippen molar-refractivity contribution in [2.75, 3.05) is 4.90 Å². The minimum absolute atomic E-state index is 0.0633. The van der Waals surface area contributed by atoms with Crippen molar-refractivity contribution in [1.82, 2.24) is 0 Å². The maximum absolute atomic E-state index is 12.4. The largest absolute Gasteiger partial charge is 0.324 e. The Labute approximate surface area is 140 Å². The van der Waals surface area contributed by atoms with Gasteiger partial charge < -0.3 is 10.6 Å². The lowest BCUT2D eigenvalue weighted by atomic mass is 9.80. The summed E-state index contributed by atoms with van der Waals surface area (Å²) in [6, 6.07) is 5.85. The van der Waals surface area contributed by atoms with Crippen LogP contribution in [0.2, 0.25) is 0 Å². The molecule has 0 spiro atoms. The highest BCUT2D eigenvalue weighted by Gasteiger charge is 2.46. The predicted molar refractivity (Wildman–Crippen MR) is 93.8 cm³/mol. The van der Waals surface area contributed by atoms with Crippen LogP contribution in [0.3, 0.4) is 0 Å². The third-order valence-corrected chi connectivity index (χ3v) is 6.70. The average molecular weight is 334 g/mol. The van der Waals surface area contributed by atoms with E-state index in [2.05, 4.69) is 6.92 Å². The lowest BCUT2D eigenvalue weighted by Gasteiger charge is -2.44. The lowest BCUT2D eigenvalue weighted by Crippen LogP contribution is -2.51. The number of carbonyl (C=O) groups is 1. The maximum atomic E-state index is 12.4. The van der Waals surface area contributed by atoms with Gasteiger partial charge in [-0.3, -0.25) is 9.00 Å². The highest BCUT2D eigenvalue weighted by atomic mass is 32.2. The lowest BCUT2D eigenvalue weighted by molar-refractivity contribution is -0.117. The van der Waals surface area contributed by atoms with Crippen LogP contribution in [0.25, 0.3) is 0 Å². The summed E-state index contributed by atoms with van der Waals surface area (Å²) in [5.41, 5.74) is 8.38. The first kappa shape index (κ1) is 16.7. The van der Waals surface area contributed by atoms with Crippen molar-refractivity contribution < 1.29 is 9.00 Å². The van der Waals surface area contributed by atoms with Crippen LogP contribution in [0, 0.1) is 11.8 Å². The number of nitrogens with zero attached hydrogens (tertiary/aromatic N) is 1. The molecule has 1 aliphatic carbocycles. The summed E-state index contributed by atoms with van der Waals surface area (Å²) >= 11 is 0. The van der Waals surface area contributed by atoms with Gasteiger partial charge in [-0.25, -0.2) is 0 Å². The maximum Gasteiger partial charge on any atom is 0.224 e. The molecule has 0 bridgehead atoms. The van der Waals surface area contributed by atoms with Gasteiger partial charge in [-0.1, -0.05) is 20.8 Å². The third kappa shape index (κ3) is 2.85. The van der Waals surface area contributed by atoms with E-state index in [0.29, 0.717) is 5.92 Å². The van der Waals surface area contributed by atoms with E-state index in [-0.39, 0.29) is 29.2 Å². The van der Waals surface area contributed by atoms with E-state index < -0.39 is 10.8 Å². The Morgan fingerprint density at radius 3 is 2.52 bits per heavy atom. The fourth-order valence-electron chi connectivity index (χ4n) is 3.77.